The first-order valence-electron chi connectivity index (χ1n) is 7.68. The van der Waals surface area contributed by atoms with Crippen molar-refractivity contribution in [1.29, 1.82) is 0 Å². The maximum Gasteiger partial charge on any atom is 0.153 e. The van der Waals surface area contributed by atoms with Crippen LogP contribution in [0.4, 0.5) is 0 Å². The van der Waals surface area contributed by atoms with E-state index in [0.717, 1.165) is 39.4 Å². The minimum absolute atomic E-state index is 0.653. The number of nitrogens with zero attached hydrogens (tertiary/aromatic N) is 4. The summed E-state index contributed by atoms with van der Waals surface area (Å²) in [4.78, 5) is 2.13. The quantitative estimate of drug-likeness (QED) is 0.607. The first-order valence-corrected chi connectivity index (χ1v) is 7.68. The molecule has 0 aliphatic heterocycles. The Hall–Kier alpha value is -2.93. The van der Waals surface area contributed by atoms with Crippen molar-refractivity contribution in [2.75, 3.05) is 7.05 Å². The van der Waals surface area contributed by atoms with Gasteiger partial charge in [-0.05, 0) is 26.1 Å². The molecule has 0 unspecified atom stereocenters. The van der Waals surface area contributed by atoms with Gasteiger partial charge in [0.15, 0.2) is 5.76 Å². The van der Waals surface area contributed by atoms with E-state index in [2.05, 4.69) is 25.4 Å². The zero-order valence-corrected chi connectivity index (χ0v) is 13.5. The monoisotopic (exact) mass is 323 g/mol. The third-order valence-electron chi connectivity index (χ3n) is 4.00. The number of benzene rings is 1. The van der Waals surface area contributed by atoms with Gasteiger partial charge in [0.2, 0.25) is 0 Å². The predicted octanol–water partition coefficient (Wildman–Crippen LogP) is 3.15. The van der Waals surface area contributed by atoms with Crippen LogP contribution in [-0.4, -0.2) is 32.5 Å². The zero-order valence-electron chi connectivity index (χ0n) is 13.5. The number of nitrogens with one attached hydrogen (secondary N) is 1. The van der Waals surface area contributed by atoms with E-state index in [-0.39, 0.29) is 0 Å². The van der Waals surface area contributed by atoms with Crippen LogP contribution in [0.15, 0.2) is 45.6 Å². The number of rotatable bonds is 5. The van der Waals surface area contributed by atoms with Gasteiger partial charge in [-0.15, -0.1) is 0 Å². The van der Waals surface area contributed by atoms with E-state index in [1.807, 2.05) is 50.5 Å². The van der Waals surface area contributed by atoms with E-state index in [1.54, 1.807) is 0 Å². The van der Waals surface area contributed by atoms with Crippen LogP contribution in [0.1, 0.15) is 17.0 Å². The van der Waals surface area contributed by atoms with Crippen molar-refractivity contribution in [3.63, 3.8) is 0 Å². The van der Waals surface area contributed by atoms with E-state index < -0.39 is 0 Å². The Morgan fingerprint density at radius 3 is 2.83 bits per heavy atom. The molecule has 7 heteroatoms. The van der Waals surface area contributed by atoms with Crippen molar-refractivity contribution in [2.24, 2.45) is 0 Å². The van der Waals surface area contributed by atoms with Crippen molar-refractivity contribution in [1.82, 2.24) is 25.4 Å². The second-order valence-electron chi connectivity index (χ2n) is 5.89. The second kappa shape index (κ2) is 5.93. The van der Waals surface area contributed by atoms with E-state index in [4.69, 9.17) is 9.05 Å². The molecule has 24 heavy (non-hydrogen) atoms. The van der Waals surface area contributed by atoms with Crippen LogP contribution in [0.5, 0.6) is 0 Å². The van der Waals surface area contributed by atoms with Crippen LogP contribution in [0.25, 0.3) is 22.4 Å². The lowest BCUT2D eigenvalue weighted by atomic mass is 10.2. The summed E-state index contributed by atoms with van der Waals surface area (Å²) < 4.78 is 10.7. The molecule has 4 rings (SSSR count). The molecule has 1 aromatic carbocycles. The van der Waals surface area contributed by atoms with E-state index in [1.165, 1.54) is 0 Å². The minimum Gasteiger partial charge on any atom is -0.454 e. The van der Waals surface area contributed by atoms with Crippen molar-refractivity contribution >= 4 is 11.0 Å². The van der Waals surface area contributed by atoms with Crippen molar-refractivity contribution in [2.45, 2.75) is 20.0 Å². The summed E-state index contributed by atoms with van der Waals surface area (Å²) in [6.45, 7) is 3.24. The van der Waals surface area contributed by atoms with Gasteiger partial charge >= 0.3 is 0 Å². The van der Waals surface area contributed by atoms with E-state index >= 15 is 0 Å². The second-order valence-corrected chi connectivity index (χ2v) is 5.89. The van der Waals surface area contributed by atoms with Crippen LogP contribution in [0, 0.1) is 6.92 Å². The van der Waals surface area contributed by atoms with Crippen molar-refractivity contribution in [3.8, 4) is 11.5 Å². The number of aromatic amines is 1. The first-order chi connectivity index (χ1) is 11.7. The fourth-order valence-electron chi connectivity index (χ4n) is 2.74. The highest BCUT2D eigenvalue weighted by Gasteiger charge is 2.15. The molecule has 0 aliphatic carbocycles. The van der Waals surface area contributed by atoms with Gasteiger partial charge in [0.05, 0.1) is 6.20 Å². The number of hydrogen-bond donors (Lipinski definition) is 1. The van der Waals surface area contributed by atoms with Crippen LogP contribution in [-0.2, 0) is 13.1 Å². The molecule has 3 heterocycles. The molecule has 0 radical (unpaired) electrons. The molecule has 0 saturated carbocycles. The number of aromatic nitrogens is 4. The zero-order chi connectivity index (χ0) is 16.5. The van der Waals surface area contributed by atoms with E-state index in [9.17, 15) is 0 Å². The van der Waals surface area contributed by atoms with Crippen molar-refractivity contribution in [3.05, 3.63) is 53.5 Å². The third kappa shape index (κ3) is 2.69. The highest BCUT2D eigenvalue weighted by molar-refractivity contribution is 5.82. The maximum absolute atomic E-state index is 5.93. The van der Waals surface area contributed by atoms with Gasteiger partial charge in [-0.1, -0.05) is 28.5 Å². The summed E-state index contributed by atoms with van der Waals surface area (Å²) in [6.07, 6.45) is 1.83. The third-order valence-corrected chi connectivity index (χ3v) is 4.00. The van der Waals surface area contributed by atoms with Crippen LogP contribution < -0.4 is 0 Å². The smallest absolute Gasteiger partial charge is 0.153 e. The first kappa shape index (κ1) is 14.6. The highest BCUT2D eigenvalue weighted by Crippen LogP contribution is 2.29. The standard InChI is InChI=1S/C17H17N5O2/c1-11-14(21-24-20-11)10-22(2)9-13-8-18-19-17(13)16-7-12-5-3-4-6-15(12)23-16/h3-8H,9-10H2,1-2H3,(H,18,19). The number of hydrogen-bond acceptors (Lipinski definition) is 6. The number of para-hydroxylation sites is 1. The molecule has 0 saturated heterocycles. The van der Waals surface area contributed by atoms with Gasteiger partial charge < -0.3 is 4.42 Å². The summed E-state index contributed by atoms with van der Waals surface area (Å²) in [5.74, 6) is 0.788. The Morgan fingerprint density at radius 2 is 2.04 bits per heavy atom. The summed E-state index contributed by atoms with van der Waals surface area (Å²) in [5.41, 5.74) is 4.47. The molecule has 0 atom stereocenters. The summed E-state index contributed by atoms with van der Waals surface area (Å²) >= 11 is 0. The van der Waals surface area contributed by atoms with Gasteiger partial charge in [0, 0.05) is 24.0 Å². The molecule has 7 nitrogen and oxygen atoms in total. The summed E-state index contributed by atoms with van der Waals surface area (Å²) in [5, 5.41) is 16.0. The molecular formula is C17H17N5O2. The molecule has 0 fully saturated rings. The molecule has 0 bridgehead atoms. The Labute approximate surface area is 138 Å². The van der Waals surface area contributed by atoms with Gasteiger partial charge in [0.25, 0.3) is 0 Å². The molecular weight excluding hydrogens is 306 g/mol. The average molecular weight is 323 g/mol. The average Bonchev–Trinajstić information content (AvgIpc) is 3.27. The SMILES string of the molecule is Cc1nonc1CN(C)Cc1cn[nH]c1-c1cc2ccccc2o1. The number of H-pyrrole nitrogens is 1. The molecule has 3 aromatic heterocycles. The van der Waals surface area contributed by atoms with Gasteiger partial charge in [0.1, 0.15) is 22.7 Å². The number of furan rings is 1. The lowest BCUT2D eigenvalue weighted by Gasteiger charge is -2.14. The number of fused-ring (bicyclic) bond motifs is 1. The Balaban J connectivity index is 1.57. The molecule has 0 amide bonds. The lowest BCUT2D eigenvalue weighted by molar-refractivity contribution is 0.279. The lowest BCUT2D eigenvalue weighted by Crippen LogP contribution is -2.18. The molecule has 4 aromatic rings. The van der Waals surface area contributed by atoms with Crippen LogP contribution in [0.3, 0.4) is 0 Å². The summed E-state index contributed by atoms with van der Waals surface area (Å²) in [7, 11) is 2.02. The topological polar surface area (TPSA) is 84.0 Å². The molecule has 122 valence electrons. The highest BCUT2D eigenvalue weighted by atomic mass is 16.6. The molecule has 0 spiro atoms. The largest absolute Gasteiger partial charge is 0.454 e. The van der Waals surface area contributed by atoms with Gasteiger partial charge in [-0.2, -0.15) is 5.10 Å². The Bertz CT molecular complexity index is 935. The van der Waals surface area contributed by atoms with Gasteiger partial charge in [-0.3, -0.25) is 10.00 Å². The Morgan fingerprint density at radius 1 is 1.17 bits per heavy atom. The minimum atomic E-state index is 0.653. The molecule has 0 aliphatic rings. The van der Waals surface area contributed by atoms with Crippen LogP contribution >= 0.6 is 0 Å². The normalized spacial score (nSPS) is 11.6. The van der Waals surface area contributed by atoms with E-state index in [0.29, 0.717) is 13.1 Å². The van der Waals surface area contributed by atoms with Crippen LogP contribution in [0.2, 0.25) is 0 Å². The van der Waals surface area contributed by atoms with Crippen molar-refractivity contribution < 1.29 is 9.05 Å². The maximum atomic E-state index is 5.93. The Kier molecular flexibility index (Phi) is 3.62. The molecule has 1 N–H and O–H groups in total. The predicted molar refractivity (Wildman–Crippen MR) is 88.0 cm³/mol. The van der Waals surface area contributed by atoms with Gasteiger partial charge in [-0.25, -0.2) is 4.63 Å². The summed E-state index contributed by atoms with van der Waals surface area (Å²) in [6, 6.07) is 9.98. The number of aryl methyl sites for hydroxylation is 1. The fourth-order valence-corrected chi connectivity index (χ4v) is 2.74. The fraction of sp³-hybridized carbons (Fsp3) is 0.235.